The summed E-state index contributed by atoms with van der Waals surface area (Å²) in [4.78, 5) is 4.60. The topological polar surface area (TPSA) is 40.2 Å². The zero-order valence-electron chi connectivity index (χ0n) is 19.3. The number of hydrogen-bond donors (Lipinski definition) is 0. The van der Waals surface area contributed by atoms with Crippen LogP contribution in [0.15, 0.2) is 46.2 Å². The van der Waals surface area contributed by atoms with Crippen molar-refractivity contribution in [1.29, 1.82) is 0 Å². The number of ether oxygens (including phenoxy) is 4. The molecule has 0 aromatic heterocycles. The average molecular weight is 757 g/mol. The SMILES string of the molecule is CN1c2ccc(C3OCC(CBr)(CBr)CO3)cc2Sc2cc(C3OCC(CBr)(CBr)CO3)ccc21. The fraction of sp³-hybridized carbons (Fsp3) is 0.520. The number of anilines is 2. The third-order valence-corrected chi connectivity index (χ3v) is 12.6. The molecule has 2 saturated heterocycles. The van der Waals surface area contributed by atoms with Gasteiger partial charge in [0.15, 0.2) is 12.6 Å². The summed E-state index contributed by atoms with van der Waals surface area (Å²) in [5.74, 6) is 0. The van der Waals surface area contributed by atoms with Gasteiger partial charge in [0.25, 0.3) is 0 Å². The Balaban J connectivity index is 1.33. The first kappa shape index (κ1) is 26.9. The molecule has 0 saturated carbocycles. The van der Waals surface area contributed by atoms with Crippen molar-refractivity contribution >= 4 is 86.9 Å². The van der Waals surface area contributed by atoms with Gasteiger partial charge >= 0.3 is 0 Å². The van der Waals surface area contributed by atoms with Gasteiger partial charge in [0.05, 0.1) is 37.8 Å². The van der Waals surface area contributed by atoms with Crippen molar-refractivity contribution in [2.45, 2.75) is 22.4 Å². The van der Waals surface area contributed by atoms with E-state index in [0.29, 0.717) is 26.4 Å². The minimum atomic E-state index is -0.349. The van der Waals surface area contributed by atoms with Crippen LogP contribution in [0.1, 0.15) is 23.7 Å². The second kappa shape index (κ2) is 11.2. The summed E-state index contributed by atoms with van der Waals surface area (Å²) in [6.45, 7) is 2.60. The summed E-state index contributed by atoms with van der Waals surface area (Å²) in [6.07, 6.45) is -0.698. The maximum Gasteiger partial charge on any atom is 0.183 e. The maximum absolute atomic E-state index is 6.14. The van der Waals surface area contributed by atoms with Gasteiger partial charge in [0.2, 0.25) is 0 Å². The van der Waals surface area contributed by atoms with Crippen LogP contribution in [0.5, 0.6) is 0 Å². The molecular formula is C25H27Br4NO4S. The van der Waals surface area contributed by atoms with Crippen LogP contribution in [0.25, 0.3) is 0 Å². The molecule has 10 heteroatoms. The molecule has 2 aromatic rings. The lowest BCUT2D eigenvalue weighted by atomic mass is 9.95. The molecular weight excluding hydrogens is 730 g/mol. The van der Waals surface area contributed by atoms with Gasteiger partial charge in [-0.25, -0.2) is 0 Å². The Morgan fingerprint density at radius 3 is 1.43 bits per heavy atom. The molecule has 3 heterocycles. The molecule has 2 fully saturated rings. The highest BCUT2D eigenvalue weighted by Gasteiger charge is 2.37. The molecule has 3 aliphatic rings. The number of alkyl halides is 4. The lowest BCUT2D eigenvalue weighted by Crippen LogP contribution is -2.41. The quantitative estimate of drug-likeness (QED) is 0.284. The highest BCUT2D eigenvalue weighted by molar-refractivity contribution is 9.10. The summed E-state index contributed by atoms with van der Waals surface area (Å²) < 4.78 is 24.6. The molecule has 0 radical (unpaired) electrons. The van der Waals surface area contributed by atoms with Crippen LogP contribution in [0.4, 0.5) is 11.4 Å². The largest absolute Gasteiger partial charge is 0.348 e. The van der Waals surface area contributed by atoms with E-state index in [9.17, 15) is 0 Å². The summed E-state index contributed by atoms with van der Waals surface area (Å²) in [7, 11) is 2.11. The predicted molar refractivity (Wildman–Crippen MR) is 154 cm³/mol. The average Bonchev–Trinajstić information content (AvgIpc) is 2.92. The molecule has 3 aliphatic heterocycles. The number of rotatable bonds is 6. The molecule has 0 spiro atoms. The Labute approximate surface area is 244 Å². The number of halogens is 4. The van der Waals surface area contributed by atoms with E-state index in [1.807, 2.05) is 0 Å². The Hall–Kier alpha value is 0.350. The van der Waals surface area contributed by atoms with Crippen molar-refractivity contribution in [1.82, 2.24) is 0 Å². The molecule has 0 unspecified atom stereocenters. The van der Waals surface area contributed by atoms with E-state index in [1.54, 1.807) is 11.8 Å². The molecule has 190 valence electrons. The van der Waals surface area contributed by atoms with Crippen LogP contribution in [0, 0.1) is 10.8 Å². The van der Waals surface area contributed by atoms with Gasteiger partial charge in [-0.2, -0.15) is 0 Å². The normalized spacial score (nSPS) is 22.0. The van der Waals surface area contributed by atoms with E-state index >= 15 is 0 Å². The predicted octanol–water partition coefficient (Wildman–Crippen LogP) is 7.56. The van der Waals surface area contributed by atoms with E-state index in [0.717, 1.165) is 32.4 Å². The van der Waals surface area contributed by atoms with Gasteiger partial charge in [0.1, 0.15) is 0 Å². The van der Waals surface area contributed by atoms with E-state index in [2.05, 4.69) is 112 Å². The molecule has 0 bridgehead atoms. The van der Waals surface area contributed by atoms with E-state index in [4.69, 9.17) is 18.9 Å². The van der Waals surface area contributed by atoms with Crippen LogP contribution in [0.2, 0.25) is 0 Å². The molecule has 5 rings (SSSR count). The standard InChI is InChI=1S/C25H27Br4NO4S/c1-30-18-4-2-16(22-31-12-24(8-26,9-27)13-32-22)6-20(18)35-21-7-17(3-5-19(21)30)23-33-14-25(10-28,11-29)15-34-23/h2-7,22-23H,8-15H2,1H3. The summed E-state index contributed by atoms with van der Waals surface area (Å²) in [6, 6.07) is 12.9. The third kappa shape index (κ3) is 5.30. The van der Waals surface area contributed by atoms with Crippen LogP contribution < -0.4 is 4.90 Å². The molecule has 2 aromatic carbocycles. The molecule has 0 atom stereocenters. The maximum atomic E-state index is 6.14. The number of fused-ring (bicyclic) bond motifs is 2. The number of hydrogen-bond acceptors (Lipinski definition) is 6. The van der Waals surface area contributed by atoms with Gasteiger partial charge in [-0.1, -0.05) is 87.6 Å². The first-order valence-electron chi connectivity index (χ1n) is 11.4. The molecule has 35 heavy (non-hydrogen) atoms. The lowest BCUT2D eigenvalue weighted by Gasteiger charge is -2.38. The van der Waals surface area contributed by atoms with Crippen molar-refractivity contribution in [3.63, 3.8) is 0 Å². The second-order valence-electron chi connectivity index (χ2n) is 9.56. The zero-order valence-corrected chi connectivity index (χ0v) is 26.4. The van der Waals surface area contributed by atoms with E-state index in [-0.39, 0.29) is 23.4 Å². The Morgan fingerprint density at radius 2 is 1.09 bits per heavy atom. The van der Waals surface area contributed by atoms with Crippen molar-refractivity contribution in [3.05, 3.63) is 47.5 Å². The van der Waals surface area contributed by atoms with Crippen LogP contribution in [-0.2, 0) is 18.9 Å². The highest BCUT2D eigenvalue weighted by atomic mass is 79.9. The van der Waals surface area contributed by atoms with Gasteiger partial charge in [-0.3, -0.25) is 0 Å². The van der Waals surface area contributed by atoms with Crippen molar-refractivity contribution < 1.29 is 18.9 Å². The number of nitrogens with zero attached hydrogens (tertiary/aromatic N) is 1. The van der Waals surface area contributed by atoms with Crippen LogP contribution in [-0.4, -0.2) is 54.8 Å². The monoisotopic (exact) mass is 753 g/mol. The number of benzene rings is 2. The minimum Gasteiger partial charge on any atom is -0.348 e. The molecule has 5 nitrogen and oxygen atoms in total. The Morgan fingerprint density at radius 1 is 0.714 bits per heavy atom. The smallest absolute Gasteiger partial charge is 0.183 e. The highest BCUT2D eigenvalue weighted by Crippen LogP contribution is 2.49. The Kier molecular flexibility index (Phi) is 8.64. The molecule has 0 amide bonds. The van der Waals surface area contributed by atoms with Gasteiger partial charge in [-0.05, 0) is 24.3 Å². The summed E-state index contributed by atoms with van der Waals surface area (Å²) in [5.41, 5.74) is 4.38. The Bertz CT molecular complexity index is 964. The van der Waals surface area contributed by atoms with Crippen LogP contribution >= 0.6 is 75.5 Å². The second-order valence-corrected chi connectivity index (χ2v) is 12.9. The van der Waals surface area contributed by atoms with Crippen molar-refractivity contribution in [3.8, 4) is 0 Å². The molecule has 0 aliphatic carbocycles. The summed E-state index contributed by atoms with van der Waals surface area (Å²) >= 11 is 16.2. The van der Waals surface area contributed by atoms with E-state index < -0.39 is 0 Å². The van der Waals surface area contributed by atoms with E-state index in [1.165, 1.54) is 21.2 Å². The minimum absolute atomic E-state index is 0.0268. The van der Waals surface area contributed by atoms with Crippen molar-refractivity contribution in [2.24, 2.45) is 10.8 Å². The third-order valence-electron chi connectivity index (χ3n) is 6.75. The zero-order chi connectivity index (χ0) is 24.6. The first-order valence-corrected chi connectivity index (χ1v) is 16.7. The van der Waals surface area contributed by atoms with Gasteiger partial charge in [-0.15, -0.1) is 0 Å². The lowest BCUT2D eigenvalue weighted by molar-refractivity contribution is -0.223. The van der Waals surface area contributed by atoms with Crippen molar-refractivity contribution in [2.75, 3.05) is 59.7 Å². The fourth-order valence-corrected chi connectivity index (χ4v) is 8.67. The van der Waals surface area contributed by atoms with Crippen LogP contribution in [0.3, 0.4) is 0 Å². The fourth-order valence-electron chi connectivity index (χ4n) is 4.27. The first-order chi connectivity index (χ1) is 16.9. The molecule has 0 N–H and O–H groups in total. The summed E-state index contributed by atoms with van der Waals surface area (Å²) in [5, 5.41) is 3.35. The van der Waals surface area contributed by atoms with Gasteiger partial charge < -0.3 is 23.8 Å². The van der Waals surface area contributed by atoms with Gasteiger partial charge in [0, 0.05) is 60.1 Å².